The summed E-state index contributed by atoms with van der Waals surface area (Å²) < 4.78 is 18.7. The van der Waals surface area contributed by atoms with E-state index in [0.717, 1.165) is 28.3 Å². The number of amides is 2. The highest BCUT2D eigenvalue weighted by molar-refractivity contribution is 5.95. The van der Waals surface area contributed by atoms with E-state index in [0.29, 0.717) is 29.4 Å². The van der Waals surface area contributed by atoms with Crippen molar-refractivity contribution in [3.8, 4) is 17.2 Å². The maximum Gasteiger partial charge on any atom is 0.337 e. The summed E-state index contributed by atoms with van der Waals surface area (Å²) in [5.41, 5.74) is 9.15. The van der Waals surface area contributed by atoms with Crippen LogP contribution in [0.1, 0.15) is 42.4 Å². The van der Waals surface area contributed by atoms with Gasteiger partial charge in [-0.3, -0.25) is 5.43 Å². The van der Waals surface area contributed by atoms with E-state index in [4.69, 9.17) is 14.2 Å². The number of carbonyl (C=O) groups is 2. The maximum atomic E-state index is 12.5. The predicted octanol–water partition coefficient (Wildman–Crippen LogP) is 3.68. The lowest BCUT2D eigenvalue weighted by Gasteiger charge is -2.28. The molecule has 0 unspecified atom stereocenters. The van der Waals surface area contributed by atoms with Crippen LogP contribution >= 0.6 is 0 Å². The second-order valence-electron chi connectivity index (χ2n) is 10.5. The molecule has 0 saturated carbocycles. The highest BCUT2D eigenvalue weighted by atomic mass is 16.5. The van der Waals surface area contributed by atoms with Crippen molar-refractivity contribution in [2.75, 3.05) is 39.3 Å². The summed E-state index contributed by atoms with van der Waals surface area (Å²) in [5.74, 6) is 0.208. The van der Waals surface area contributed by atoms with Crippen LogP contribution in [0, 0.1) is 13.8 Å². The van der Waals surface area contributed by atoms with E-state index in [1.54, 1.807) is 31.3 Å². The zero-order chi connectivity index (χ0) is 32.0. The zero-order valence-electron chi connectivity index (χ0n) is 26.1. The minimum atomic E-state index is -1.11. The number of rotatable bonds is 12. The summed E-state index contributed by atoms with van der Waals surface area (Å²) in [7, 11) is 5.30. The number of benzene rings is 2. The van der Waals surface area contributed by atoms with E-state index in [1.165, 1.54) is 7.11 Å². The number of urea groups is 1. The van der Waals surface area contributed by atoms with Crippen molar-refractivity contribution in [2.24, 2.45) is 5.10 Å². The Morgan fingerprint density at radius 2 is 1.84 bits per heavy atom. The lowest BCUT2D eigenvalue weighted by Crippen LogP contribution is -2.45. The Balaban J connectivity index is 1.42. The molecule has 1 aliphatic rings. The molecule has 2 heterocycles. The second kappa shape index (κ2) is 14.0. The standard InChI is InChI=1S/C32H40N6O6/c1-8-43-27-16-22(30-29(31(40)42-7)20(3)34-32(41)35-30)9-14-26(27)44-18-28(39)36-33-17-23-15-19(2)38(21(23)4)25-12-10-24(11-13-25)37(5)6/h9-17,28,30,36,39H,8,18H2,1-7H3,(H2,34,35,41)/b33-17-/t28-,30-/m1/s1. The number of anilines is 1. The molecule has 12 heteroatoms. The molecule has 1 aliphatic heterocycles. The SMILES string of the molecule is CCOc1cc([C@H]2NC(=O)NC(C)=C2C(=O)OC)ccc1OC[C@@H](O)N/N=C\c1cc(C)n(-c2ccc(N(C)C)cc2)c1C. The predicted molar refractivity (Wildman–Crippen MR) is 169 cm³/mol. The smallest absolute Gasteiger partial charge is 0.337 e. The molecule has 2 aromatic carbocycles. The van der Waals surface area contributed by atoms with Gasteiger partial charge in [-0.05, 0) is 75.7 Å². The summed E-state index contributed by atoms with van der Waals surface area (Å²) >= 11 is 0. The second-order valence-corrected chi connectivity index (χ2v) is 10.5. The summed E-state index contributed by atoms with van der Waals surface area (Å²) in [5, 5.41) is 20.1. The lowest BCUT2D eigenvalue weighted by molar-refractivity contribution is -0.136. The first-order valence-electron chi connectivity index (χ1n) is 14.2. The van der Waals surface area contributed by atoms with Crippen LogP contribution in [0.3, 0.4) is 0 Å². The monoisotopic (exact) mass is 604 g/mol. The van der Waals surface area contributed by atoms with Crippen molar-refractivity contribution < 1.29 is 28.9 Å². The Labute approximate surface area is 257 Å². The number of carbonyl (C=O) groups excluding carboxylic acids is 2. The lowest BCUT2D eigenvalue weighted by atomic mass is 9.95. The molecule has 12 nitrogen and oxygen atoms in total. The Morgan fingerprint density at radius 3 is 2.50 bits per heavy atom. The fraction of sp³-hybridized carbons (Fsp3) is 0.344. The van der Waals surface area contributed by atoms with Crippen molar-refractivity contribution >= 4 is 23.9 Å². The van der Waals surface area contributed by atoms with Gasteiger partial charge < -0.3 is 39.4 Å². The number of esters is 1. The van der Waals surface area contributed by atoms with Gasteiger partial charge in [0.25, 0.3) is 0 Å². The van der Waals surface area contributed by atoms with Crippen molar-refractivity contribution in [3.63, 3.8) is 0 Å². The van der Waals surface area contributed by atoms with E-state index in [1.807, 2.05) is 40.9 Å². The quantitative estimate of drug-likeness (QED) is 0.106. The van der Waals surface area contributed by atoms with Crippen LogP contribution in [0.4, 0.5) is 10.5 Å². The number of hydrogen-bond acceptors (Lipinski definition) is 9. The van der Waals surface area contributed by atoms with Crippen molar-refractivity contribution in [2.45, 2.75) is 40.0 Å². The summed E-state index contributed by atoms with van der Waals surface area (Å²) in [4.78, 5) is 26.7. The molecule has 0 bridgehead atoms. The summed E-state index contributed by atoms with van der Waals surface area (Å²) in [6, 6.07) is 14.2. The number of hydrogen-bond donors (Lipinski definition) is 4. The minimum Gasteiger partial charge on any atom is -0.490 e. The number of aryl methyl sites for hydroxylation is 1. The molecule has 234 valence electrons. The zero-order valence-corrected chi connectivity index (χ0v) is 26.1. The average Bonchev–Trinajstić information content (AvgIpc) is 3.28. The van der Waals surface area contributed by atoms with Crippen LogP contribution in [0.15, 0.2) is 64.9 Å². The van der Waals surface area contributed by atoms with Crippen LogP contribution in [-0.2, 0) is 9.53 Å². The Bertz CT molecular complexity index is 1560. The molecule has 4 N–H and O–H groups in total. The van der Waals surface area contributed by atoms with Gasteiger partial charge in [0.15, 0.2) is 17.7 Å². The first-order valence-corrected chi connectivity index (χ1v) is 14.2. The molecule has 0 aliphatic carbocycles. The molecule has 0 saturated heterocycles. The third kappa shape index (κ3) is 7.14. The van der Waals surface area contributed by atoms with Gasteiger partial charge in [0.1, 0.15) is 6.61 Å². The molecule has 4 rings (SSSR count). The number of hydrazone groups is 1. The number of nitrogens with zero attached hydrogens (tertiary/aromatic N) is 3. The number of nitrogens with one attached hydrogen (secondary N) is 3. The summed E-state index contributed by atoms with van der Waals surface area (Å²) in [6.07, 6.45) is 0.556. The molecule has 1 aromatic heterocycles. The Hall–Kier alpha value is -4.97. The number of aromatic nitrogens is 1. The first kappa shape index (κ1) is 32.0. The molecular formula is C32H40N6O6. The van der Waals surface area contributed by atoms with E-state index >= 15 is 0 Å². The van der Waals surface area contributed by atoms with Crippen LogP contribution in [-0.4, -0.2) is 68.5 Å². The summed E-state index contributed by atoms with van der Waals surface area (Å²) in [6.45, 7) is 7.75. The van der Waals surface area contributed by atoms with Gasteiger partial charge >= 0.3 is 12.0 Å². The van der Waals surface area contributed by atoms with Crippen LogP contribution in [0.2, 0.25) is 0 Å². The van der Waals surface area contributed by atoms with E-state index in [2.05, 4.69) is 54.9 Å². The van der Waals surface area contributed by atoms with Gasteiger partial charge in [-0.25, -0.2) is 9.59 Å². The number of aliphatic hydroxyl groups is 1. The van der Waals surface area contributed by atoms with E-state index in [9.17, 15) is 14.7 Å². The van der Waals surface area contributed by atoms with Crippen molar-refractivity contribution in [1.29, 1.82) is 0 Å². The van der Waals surface area contributed by atoms with Crippen LogP contribution < -0.4 is 30.4 Å². The molecule has 0 spiro atoms. The van der Waals surface area contributed by atoms with Gasteiger partial charge in [0, 0.05) is 48.1 Å². The molecule has 2 amide bonds. The third-order valence-corrected chi connectivity index (χ3v) is 7.19. The van der Waals surface area contributed by atoms with Gasteiger partial charge in [-0.15, -0.1) is 0 Å². The number of aliphatic hydroxyl groups excluding tert-OH is 1. The Morgan fingerprint density at radius 1 is 1.11 bits per heavy atom. The minimum absolute atomic E-state index is 0.121. The van der Waals surface area contributed by atoms with E-state index in [-0.39, 0.29) is 12.2 Å². The molecule has 0 fully saturated rings. The van der Waals surface area contributed by atoms with Gasteiger partial charge in [0.2, 0.25) is 0 Å². The highest BCUT2D eigenvalue weighted by Crippen LogP contribution is 2.35. The molecule has 0 radical (unpaired) electrons. The fourth-order valence-corrected chi connectivity index (χ4v) is 5.03. The van der Waals surface area contributed by atoms with Gasteiger partial charge in [-0.1, -0.05) is 6.07 Å². The topological polar surface area (TPSA) is 139 Å². The fourth-order valence-electron chi connectivity index (χ4n) is 5.03. The highest BCUT2D eigenvalue weighted by Gasteiger charge is 2.32. The number of allylic oxidation sites excluding steroid dienone is 1. The molecular weight excluding hydrogens is 564 g/mol. The maximum absolute atomic E-state index is 12.5. The van der Waals surface area contributed by atoms with Crippen LogP contribution in [0.25, 0.3) is 5.69 Å². The van der Waals surface area contributed by atoms with Gasteiger partial charge in [0.05, 0.1) is 31.5 Å². The number of ether oxygens (including phenoxy) is 3. The van der Waals surface area contributed by atoms with Crippen molar-refractivity contribution in [1.82, 2.24) is 20.6 Å². The molecule has 3 aromatic rings. The van der Waals surface area contributed by atoms with E-state index < -0.39 is 24.3 Å². The Kier molecular flexibility index (Phi) is 10.2. The molecule has 2 atom stereocenters. The largest absolute Gasteiger partial charge is 0.490 e. The third-order valence-electron chi connectivity index (χ3n) is 7.19. The normalized spacial score (nSPS) is 15.5. The average molecular weight is 605 g/mol. The van der Waals surface area contributed by atoms with Crippen LogP contribution in [0.5, 0.6) is 11.5 Å². The first-order chi connectivity index (χ1) is 21.0. The number of methoxy groups -OCH3 is 1. The van der Waals surface area contributed by atoms with Crippen molar-refractivity contribution in [3.05, 3.63) is 82.3 Å². The van der Waals surface area contributed by atoms with Gasteiger partial charge in [-0.2, -0.15) is 5.10 Å². The molecule has 44 heavy (non-hydrogen) atoms.